The Balaban J connectivity index is 2.24. The van der Waals surface area contributed by atoms with Crippen molar-refractivity contribution in [2.75, 3.05) is 6.61 Å². The minimum Gasteiger partial charge on any atom is -0.466 e. The maximum Gasteiger partial charge on any atom is 0.310 e. The summed E-state index contributed by atoms with van der Waals surface area (Å²) in [5.74, 6) is 0.823. The molecular formula is C17H15BBrClO3. The van der Waals surface area contributed by atoms with Crippen molar-refractivity contribution < 1.29 is 14.3 Å². The van der Waals surface area contributed by atoms with E-state index >= 15 is 0 Å². The normalized spacial score (nSPS) is 10.4. The van der Waals surface area contributed by atoms with Gasteiger partial charge >= 0.3 is 5.97 Å². The summed E-state index contributed by atoms with van der Waals surface area (Å²) in [5.41, 5.74) is 1.63. The van der Waals surface area contributed by atoms with Gasteiger partial charge in [-0.15, -0.1) is 0 Å². The van der Waals surface area contributed by atoms with E-state index in [-0.39, 0.29) is 12.4 Å². The average molecular weight is 393 g/mol. The molecule has 0 unspecified atom stereocenters. The van der Waals surface area contributed by atoms with Gasteiger partial charge in [0.15, 0.2) is 0 Å². The van der Waals surface area contributed by atoms with Gasteiger partial charge in [0.25, 0.3) is 0 Å². The molecule has 0 N–H and O–H groups in total. The topological polar surface area (TPSA) is 35.5 Å². The number of hydrogen-bond acceptors (Lipinski definition) is 3. The summed E-state index contributed by atoms with van der Waals surface area (Å²) in [5, 5.41) is 0.462. The Bertz CT molecular complexity index is 706. The molecule has 2 aromatic carbocycles. The number of ether oxygens (including phenoxy) is 2. The average Bonchev–Trinajstić information content (AvgIpc) is 2.52. The van der Waals surface area contributed by atoms with Crippen molar-refractivity contribution in [3.63, 3.8) is 0 Å². The van der Waals surface area contributed by atoms with Gasteiger partial charge in [-0.1, -0.05) is 39.9 Å². The lowest BCUT2D eigenvalue weighted by Crippen LogP contribution is -2.07. The van der Waals surface area contributed by atoms with Crippen molar-refractivity contribution in [2.24, 2.45) is 0 Å². The summed E-state index contributed by atoms with van der Waals surface area (Å²) in [6, 6.07) is 10.8. The van der Waals surface area contributed by atoms with Gasteiger partial charge in [0.1, 0.15) is 11.5 Å². The molecule has 23 heavy (non-hydrogen) atoms. The molecule has 0 aromatic heterocycles. The number of halogens is 2. The van der Waals surface area contributed by atoms with Crippen LogP contribution in [0.4, 0.5) is 0 Å². The smallest absolute Gasteiger partial charge is 0.310 e. The van der Waals surface area contributed by atoms with Crippen LogP contribution in [0, 0.1) is 0 Å². The van der Waals surface area contributed by atoms with Crippen LogP contribution in [0.1, 0.15) is 18.1 Å². The molecule has 118 valence electrons. The van der Waals surface area contributed by atoms with E-state index in [9.17, 15) is 4.79 Å². The second kappa shape index (κ2) is 8.41. The molecule has 0 bridgehead atoms. The summed E-state index contributed by atoms with van der Waals surface area (Å²) in [6.45, 7) is 2.13. The number of hydrogen-bond donors (Lipinski definition) is 0. The van der Waals surface area contributed by atoms with E-state index in [2.05, 4.69) is 15.9 Å². The lowest BCUT2D eigenvalue weighted by atomic mass is 9.96. The van der Waals surface area contributed by atoms with Gasteiger partial charge < -0.3 is 9.47 Å². The van der Waals surface area contributed by atoms with Crippen molar-refractivity contribution in [1.29, 1.82) is 0 Å². The zero-order chi connectivity index (χ0) is 16.8. The highest BCUT2D eigenvalue weighted by Crippen LogP contribution is 2.33. The van der Waals surface area contributed by atoms with E-state index < -0.39 is 0 Å². The van der Waals surface area contributed by atoms with Gasteiger partial charge in [-0.25, -0.2) is 0 Å². The van der Waals surface area contributed by atoms with Crippen LogP contribution in [0.3, 0.4) is 0 Å². The molecular weight excluding hydrogens is 378 g/mol. The lowest BCUT2D eigenvalue weighted by molar-refractivity contribution is -0.142. The first kappa shape index (κ1) is 17.9. The fraction of sp³-hybridized carbons (Fsp3) is 0.235. The molecule has 0 aliphatic carbocycles. The summed E-state index contributed by atoms with van der Waals surface area (Å²) < 4.78 is 11.8. The predicted octanol–water partition coefficient (Wildman–Crippen LogP) is 4.67. The van der Waals surface area contributed by atoms with Crippen LogP contribution >= 0.6 is 27.5 Å². The Labute approximate surface area is 150 Å². The van der Waals surface area contributed by atoms with Crippen molar-refractivity contribution in [3.8, 4) is 11.5 Å². The Morgan fingerprint density at radius 2 is 2.00 bits per heavy atom. The summed E-state index contributed by atoms with van der Waals surface area (Å²) in [7, 11) is 5.75. The quantitative estimate of drug-likeness (QED) is 0.529. The number of esters is 1. The van der Waals surface area contributed by atoms with Crippen molar-refractivity contribution in [2.45, 2.75) is 19.7 Å². The first-order valence-corrected chi connectivity index (χ1v) is 8.31. The zero-order valence-corrected chi connectivity index (χ0v) is 15.0. The number of carbonyl (C=O) groups is 1. The first-order valence-electron chi connectivity index (χ1n) is 7.14. The van der Waals surface area contributed by atoms with Crippen LogP contribution < -0.4 is 4.74 Å². The fourth-order valence-corrected chi connectivity index (χ4v) is 2.60. The highest BCUT2D eigenvalue weighted by molar-refractivity contribution is 9.10. The highest BCUT2D eigenvalue weighted by atomic mass is 79.9. The van der Waals surface area contributed by atoms with Gasteiger partial charge in [0.05, 0.1) is 25.9 Å². The third-order valence-electron chi connectivity index (χ3n) is 3.11. The number of benzene rings is 2. The van der Waals surface area contributed by atoms with E-state index in [0.29, 0.717) is 29.4 Å². The van der Waals surface area contributed by atoms with Crippen molar-refractivity contribution in [3.05, 3.63) is 57.0 Å². The molecule has 0 heterocycles. The van der Waals surface area contributed by atoms with E-state index in [0.717, 1.165) is 15.6 Å². The van der Waals surface area contributed by atoms with Gasteiger partial charge in [-0.2, -0.15) is 0 Å². The minimum absolute atomic E-state index is 0.172. The van der Waals surface area contributed by atoms with Crippen LogP contribution in [0.5, 0.6) is 11.5 Å². The Hall–Kier alpha value is -1.46. The molecule has 2 radical (unpaired) electrons. The first-order chi connectivity index (χ1) is 11.0. The summed E-state index contributed by atoms with van der Waals surface area (Å²) >= 11 is 9.59. The molecule has 0 saturated carbocycles. The van der Waals surface area contributed by atoms with Crippen LogP contribution in [-0.2, 0) is 22.3 Å². The Morgan fingerprint density at radius 3 is 2.70 bits per heavy atom. The largest absolute Gasteiger partial charge is 0.466 e. The highest BCUT2D eigenvalue weighted by Gasteiger charge is 2.11. The van der Waals surface area contributed by atoms with Crippen LogP contribution in [-0.4, -0.2) is 20.4 Å². The molecule has 0 aliphatic heterocycles. The Kier molecular flexibility index (Phi) is 6.54. The molecule has 0 atom stereocenters. The second-order valence-electron chi connectivity index (χ2n) is 4.80. The van der Waals surface area contributed by atoms with Crippen LogP contribution in [0.15, 0.2) is 40.9 Å². The Morgan fingerprint density at radius 1 is 1.22 bits per heavy atom. The van der Waals surface area contributed by atoms with Gasteiger partial charge in [0, 0.05) is 4.47 Å². The molecule has 2 aromatic rings. The molecule has 0 saturated heterocycles. The third-order valence-corrected chi connectivity index (χ3v) is 3.92. The number of rotatable bonds is 6. The maximum absolute atomic E-state index is 11.6. The molecule has 0 fully saturated rings. The molecule has 0 amide bonds. The second-order valence-corrected chi connectivity index (χ2v) is 6.13. The lowest BCUT2D eigenvalue weighted by Gasteiger charge is -2.13. The van der Waals surface area contributed by atoms with Gasteiger partial charge in [0.2, 0.25) is 0 Å². The zero-order valence-electron chi connectivity index (χ0n) is 12.6. The number of carbonyl (C=O) groups excluding carboxylic acids is 1. The SMILES string of the molecule is [B]Cc1cc(Br)ccc1Oc1cc(CC(=O)OCC)ccc1Cl. The predicted molar refractivity (Wildman–Crippen MR) is 95.5 cm³/mol. The van der Waals surface area contributed by atoms with Crippen molar-refractivity contribution in [1.82, 2.24) is 0 Å². The van der Waals surface area contributed by atoms with Crippen LogP contribution in [0.25, 0.3) is 0 Å². The van der Waals surface area contributed by atoms with E-state index in [1.807, 2.05) is 18.2 Å². The molecule has 3 nitrogen and oxygen atoms in total. The van der Waals surface area contributed by atoms with E-state index in [1.165, 1.54) is 0 Å². The third kappa shape index (κ3) is 5.01. The van der Waals surface area contributed by atoms with E-state index in [4.69, 9.17) is 28.9 Å². The van der Waals surface area contributed by atoms with E-state index in [1.54, 1.807) is 25.1 Å². The maximum atomic E-state index is 11.6. The molecule has 6 heteroatoms. The summed E-state index contributed by atoms with van der Waals surface area (Å²) in [6.07, 6.45) is 0.514. The molecule has 2 rings (SSSR count). The minimum atomic E-state index is -0.285. The summed E-state index contributed by atoms with van der Waals surface area (Å²) in [4.78, 5) is 11.6. The van der Waals surface area contributed by atoms with Gasteiger partial charge in [-0.05, 0) is 48.4 Å². The molecule has 0 spiro atoms. The van der Waals surface area contributed by atoms with Gasteiger partial charge in [-0.3, -0.25) is 4.79 Å². The standard InChI is InChI=1S/C17H15BBrClO3/c1-2-22-17(21)8-11-3-5-14(20)16(7-11)23-15-6-4-13(19)9-12(15)10-18/h3-7,9H,2,8,10H2,1H3. The molecule has 0 aliphatic rings. The monoisotopic (exact) mass is 392 g/mol. The van der Waals surface area contributed by atoms with Crippen LogP contribution in [0.2, 0.25) is 5.02 Å². The van der Waals surface area contributed by atoms with Crippen molar-refractivity contribution >= 4 is 41.3 Å². The fourth-order valence-electron chi connectivity index (χ4n) is 2.04.